The number of anilines is 1. The third kappa shape index (κ3) is 5.60. The molecule has 0 aliphatic carbocycles. The number of nitrogens with one attached hydrogen (secondary N) is 1. The Bertz CT molecular complexity index is 742. The predicted octanol–water partition coefficient (Wildman–Crippen LogP) is 4.26. The van der Waals surface area contributed by atoms with Gasteiger partial charge in [0.2, 0.25) is 0 Å². The van der Waals surface area contributed by atoms with Crippen LogP contribution in [0.5, 0.6) is 5.75 Å². The summed E-state index contributed by atoms with van der Waals surface area (Å²) in [4.78, 5) is 22.3. The maximum atomic E-state index is 12.0. The molecule has 0 bridgehead atoms. The lowest BCUT2D eigenvalue weighted by atomic mass is 10.1. The topological polar surface area (TPSA) is 81.5 Å². The van der Waals surface area contributed by atoms with Gasteiger partial charge in [-0.2, -0.15) is 0 Å². The van der Waals surface area contributed by atoms with Crippen LogP contribution in [0, 0.1) is 17.0 Å². The molecule has 0 saturated carbocycles. The van der Waals surface area contributed by atoms with Crippen molar-refractivity contribution in [1.29, 1.82) is 0 Å². The first-order chi connectivity index (χ1) is 12.0. The van der Waals surface area contributed by atoms with E-state index in [1.165, 1.54) is 17.7 Å². The number of carbonyl (C=O) groups excluding carboxylic acids is 1. The quantitative estimate of drug-likeness (QED) is 0.574. The lowest BCUT2D eigenvalue weighted by Gasteiger charge is -2.09. The van der Waals surface area contributed by atoms with Gasteiger partial charge in [-0.25, -0.2) is 0 Å². The highest BCUT2D eigenvalue weighted by molar-refractivity contribution is 5.91. The number of rotatable bonds is 8. The van der Waals surface area contributed by atoms with E-state index in [0.29, 0.717) is 17.0 Å². The Morgan fingerprint density at radius 2 is 1.92 bits per heavy atom. The lowest BCUT2D eigenvalue weighted by molar-refractivity contribution is -0.385. The Kier molecular flexibility index (Phi) is 6.51. The number of amides is 1. The number of ether oxygens (including phenoxy) is 1. The largest absolute Gasteiger partial charge is 0.484 e. The van der Waals surface area contributed by atoms with Gasteiger partial charge in [-0.05, 0) is 49.6 Å². The SMILES string of the molecule is CCCCc1ccc(NC(=O)COc2ccc([N+](=O)[O-])c(C)c2)cc1. The van der Waals surface area contributed by atoms with E-state index in [0.717, 1.165) is 19.3 Å². The van der Waals surface area contributed by atoms with E-state index in [-0.39, 0.29) is 18.2 Å². The predicted molar refractivity (Wildman–Crippen MR) is 97.0 cm³/mol. The number of nitro groups is 1. The summed E-state index contributed by atoms with van der Waals surface area (Å²) < 4.78 is 5.40. The van der Waals surface area contributed by atoms with Gasteiger partial charge in [0.05, 0.1) is 4.92 Å². The molecule has 0 saturated heterocycles. The van der Waals surface area contributed by atoms with E-state index in [1.807, 2.05) is 24.3 Å². The Hall–Kier alpha value is -2.89. The maximum Gasteiger partial charge on any atom is 0.272 e. The maximum absolute atomic E-state index is 12.0. The molecule has 6 heteroatoms. The molecule has 0 aliphatic heterocycles. The van der Waals surface area contributed by atoms with Gasteiger partial charge in [0.15, 0.2) is 6.61 Å². The summed E-state index contributed by atoms with van der Waals surface area (Å²) in [5.41, 5.74) is 2.48. The molecule has 0 aromatic heterocycles. The van der Waals surface area contributed by atoms with Crippen LogP contribution in [0.3, 0.4) is 0 Å². The molecule has 2 aromatic rings. The van der Waals surface area contributed by atoms with Crippen molar-refractivity contribution in [3.63, 3.8) is 0 Å². The van der Waals surface area contributed by atoms with Crippen molar-refractivity contribution in [3.8, 4) is 5.75 Å². The average molecular weight is 342 g/mol. The van der Waals surface area contributed by atoms with Crippen LogP contribution >= 0.6 is 0 Å². The fraction of sp³-hybridized carbons (Fsp3) is 0.316. The van der Waals surface area contributed by atoms with E-state index in [2.05, 4.69) is 12.2 Å². The number of aryl methyl sites for hydroxylation is 2. The van der Waals surface area contributed by atoms with Gasteiger partial charge in [-0.15, -0.1) is 0 Å². The number of hydrogen-bond acceptors (Lipinski definition) is 4. The highest BCUT2D eigenvalue weighted by atomic mass is 16.6. The molecule has 132 valence electrons. The summed E-state index contributed by atoms with van der Waals surface area (Å²) >= 11 is 0. The van der Waals surface area contributed by atoms with Crippen molar-refractivity contribution >= 4 is 17.3 Å². The van der Waals surface area contributed by atoms with Crippen LogP contribution in [0.15, 0.2) is 42.5 Å². The Morgan fingerprint density at radius 1 is 1.20 bits per heavy atom. The molecule has 0 radical (unpaired) electrons. The van der Waals surface area contributed by atoms with E-state index in [9.17, 15) is 14.9 Å². The van der Waals surface area contributed by atoms with Gasteiger partial charge in [-0.1, -0.05) is 25.5 Å². The monoisotopic (exact) mass is 342 g/mol. The average Bonchev–Trinajstić information content (AvgIpc) is 2.59. The van der Waals surface area contributed by atoms with Crippen LogP contribution in [0.25, 0.3) is 0 Å². The van der Waals surface area contributed by atoms with Gasteiger partial charge in [0.25, 0.3) is 11.6 Å². The molecule has 1 amide bonds. The minimum absolute atomic E-state index is 0.0277. The number of nitrogens with zero attached hydrogens (tertiary/aromatic N) is 1. The van der Waals surface area contributed by atoms with Gasteiger partial charge in [0, 0.05) is 17.3 Å². The molecular weight excluding hydrogens is 320 g/mol. The molecule has 0 spiro atoms. The molecule has 2 rings (SSSR count). The third-order valence-electron chi connectivity index (χ3n) is 3.79. The second-order valence-corrected chi connectivity index (χ2v) is 5.84. The zero-order chi connectivity index (χ0) is 18.2. The first-order valence-corrected chi connectivity index (χ1v) is 8.26. The summed E-state index contributed by atoms with van der Waals surface area (Å²) in [6, 6.07) is 12.2. The summed E-state index contributed by atoms with van der Waals surface area (Å²) in [6.45, 7) is 3.63. The van der Waals surface area contributed by atoms with Crippen molar-refractivity contribution in [2.24, 2.45) is 0 Å². The van der Waals surface area contributed by atoms with Crippen molar-refractivity contribution in [1.82, 2.24) is 0 Å². The molecule has 0 unspecified atom stereocenters. The molecule has 0 fully saturated rings. The van der Waals surface area contributed by atoms with E-state index >= 15 is 0 Å². The molecule has 1 N–H and O–H groups in total. The van der Waals surface area contributed by atoms with Crippen molar-refractivity contribution in [2.75, 3.05) is 11.9 Å². The summed E-state index contributed by atoms with van der Waals surface area (Å²) in [6.07, 6.45) is 3.33. The summed E-state index contributed by atoms with van der Waals surface area (Å²) in [5, 5.41) is 13.6. The fourth-order valence-corrected chi connectivity index (χ4v) is 2.40. The minimum atomic E-state index is -0.448. The smallest absolute Gasteiger partial charge is 0.272 e. The van der Waals surface area contributed by atoms with Crippen molar-refractivity contribution < 1.29 is 14.5 Å². The Morgan fingerprint density at radius 3 is 2.52 bits per heavy atom. The van der Waals surface area contributed by atoms with Gasteiger partial charge in [0.1, 0.15) is 5.75 Å². The van der Waals surface area contributed by atoms with Gasteiger partial charge >= 0.3 is 0 Å². The zero-order valence-electron chi connectivity index (χ0n) is 14.5. The van der Waals surface area contributed by atoms with Crippen LogP contribution in [-0.4, -0.2) is 17.4 Å². The molecule has 2 aromatic carbocycles. The number of unbranched alkanes of at least 4 members (excludes halogenated alkanes) is 1. The van der Waals surface area contributed by atoms with E-state index in [1.54, 1.807) is 13.0 Å². The van der Waals surface area contributed by atoms with Gasteiger partial charge < -0.3 is 10.1 Å². The molecular formula is C19H22N2O4. The standard InChI is InChI=1S/C19H22N2O4/c1-3-4-5-15-6-8-16(9-7-15)20-19(22)13-25-17-10-11-18(21(23)24)14(2)12-17/h6-12H,3-5,13H2,1-2H3,(H,20,22). The van der Waals surface area contributed by atoms with Crippen LogP contribution in [0.4, 0.5) is 11.4 Å². The van der Waals surface area contributed by atoms with Crippen LogP contribution in [-0.2, 0) is 11.2 Å². The van der Waals surface area contributed by atoms with E-state index < -0.39 is 4.92 Å². The van der Waals surface area contributed by atoms with E-state index in [4.69, 9.17) is 4.74 Å². The third-order valence-corrected chi connectivity index (χ3v) is 3.79. The molecule has 25 heavy (non-hydrogen) atoms. The minimum Gasteiger partial charge on any atom is -0.484 e. The zero-order valence-corrected chi connectivity index (χ0v) is 14.5. The molecule has 6 nitrogen and oxygen atoms in total. The molecule has 0 aliphatic rings. The summed E-state index contributed by atoms with van der Waals surface area (Å²) in [7, 11) is 0. The fourth-order valence-electron chi connectivity index (χ4n) is 2.40. The first kappa shape index (κ1) is 18.4. The second kappa shape index (κ2) is 8.82. The molecule has 0 heterocycles. The Labute approximate surface area is 147 Å². The van der Waals surface area contributed by atoms with Crippen LogP contribution in [0.1, 0.15) is 30.9 Å². The van der Waals surface area contributed by atoms with Crippen LogP contribution < -0.4 is 10.1 Å². The summed E-state index contributed by atoms with van der Waals surface area (Å²) in [5.74, 6) is 0.144. The number of hydrogen-bond donors (Lipinski definition) is 1. The molecule has 0 atom stereocenters. The highest BCUT2D eigenvalue weighted by Gasteiger charge is 2.11. The van der Waals surface area contributed by atoms with Crippen LogP contribution in [0.2, 0.25) is 0 Å². The second-order valence-electron chi connectivity index (χ2n) is 5.84. The normalized spacial score (nSPS) is 10.3. The number of benzene rings is 2. The lowest BCUT2D eigenvalue weighted by Crippen LogP contribution is -2.20. The number of nitro benzene ring substituents is 1. The highest BCUT2D eigenvalue weighted by Crippen LogP contribution is 2.23. The number of carbonyl (C=O) groups is 1. The van der Waals surface area contributed by atoms with Crippen molar-refractivity contribution in [3.05, 3.63) is 63.7 Å². The Balaban J connectivity index is 1.86. The first-order valence-electron chi connectivity index (χ1n) is 8.26. The van der Waals surface area contributed by atoms with Gasteiger partial charge in [-0.3, -0.25) is 14.9 Å². The van der Waals surface area contributed by atoms with Crippen molar-refractivity contribution in [2.45, 2.75) is 33.1 Å².